The Kier molecular flexibility index (Phi) is 3.06. The Balaban J connectivity index is 2.87. The molecule has 2 rings (SSSR count). The quantitative estimate of drug-likeness (QED) is 0.748. The van der Waals surface area contributed by atoms with Crippen molar-refractivity contribution in [2.45, 2.75) is 13.3 Å². The van der Waals surface area contributed by atoms with E-state index >= 15 is 0 Å². The molecule has 0 saturated heterocycles. The van der Waals surface area contributed by atoms with Crippen LogP contribution in [0.15, 0.2) is 34.8 Å². The largest absolute Gasteiger partial charge is 0.294 e. The zero-order valence-electron chi connectivity index (χ0n) is 8.76. The highest BCUT2D eigenvalue weighted by atomic mass is 79.9. The molecule has 0 heterocycles. The number of carbonyl (C=O) groups is 1. The Morgan fingerprint density at radius 2 is 1.94 bits per heavy atom. The van der Waals surface area contributed by atoms with Gasteiger partial charge in [0.1, 0.15) is 5.82 Å². The van der Waals surface area contributed by atoms with E-state index < -0.39 is 0 Å². The first-order valence-corrected chi connectivity index (χ1v) is 5.84. The monoisotopic (exact) mass is 280 g/mol. The van der Waals surface area contributed by atoms with Gasteiger partial charge in [0.2, 0.25) is 0 Å². The van der Waals surface area contributed by atoms with Gasteiger partial charge in [-0.05, 0) is 27.4 Å². The molecule has 16 heavy (non-hydrogen) atoms. The van der Waals surface area contributed by atoms with Crippen LogP contribution >= 0.6 is 15.9 Å². The Morgan fingerprint density at radius 1 is 1.31 bits per heavy atom. The lowest BCUT2D eigenvalue weighted by Gasteiger charge is -2.08. The molecule has 0 spiro atoms. The van der Waals surface area contributed by atoms with Crippen molar-refractivity contribution in [3.63, 3.8) is 0 Å². The van der Waals surface area contributed by atoms with E-state index in [2.05, 4.69) is 15.9 Å². The molecule has 0 aliphatic carbocycles. The van der Waals surface area contributed by atoms with Crippen molar-refractivity contribution in [2.75, 3.05) is 0 Å². The zero-order chi connectivity index (χ0) is 11.7. The molecule has 0 amide bonds. The summed E-state index contributed by atoms with van der Waals surface area (Å²) < 4.78 is 14.2. The molecular formula is C13H10BrFO. The number of ketones is 1. The van der Waals surface area contributed by atoms with E-state index in [1.165, 1.54) is 6.07 Å². The van der Waals surface area contributed by atoms with Crippen molar-refractivity contribution in [1.29, 1.82) is 0 Å². The minimum absolute atomic E-state index is 0.0167. The van der Waals surface area contributed by atoms with Crippen molar-refractivity contribution < 1.29 is 9.18 Å². The molecule has 82 valence electrons. The van der Waals surface area contributed by atoms with Crippen LogP contribution in [0.2, 0.25) is 0 Å². The molecule has 0 atom stereocenters. The minimum Gasteiger partial charge on any atom is -0.294 e. The van der Waals surface area contributed by atoms with E-state index in [4.69, 9.17) is 0 Å². The molecule has 2 aromatic rings. The highest BCUT2D eigenvalue weighted by molar-refractivity contribution is 9.10. The third kappa shape index (κ3) is 1.76. The second-order valence-electron chi connectivity index (χ2n) is 3.54. The van der Waals surface area contributed by atoms with Gasteiger partial charge in [-0.3, -0.25) is 4.79 Å². The van der Waals surface area contributed by atoms with Crippen LogP contribution in [0.5, 0.6) is 0 Å². The minimum atomic E-state index is -0.310. The fraction of sp³-hybridized carbons (Fsp3) is 0.154. The third-order valence-corrected chi connectivity index (χ3v) is 3.17. The van der Waals surface area contributed by atoms with Crippen molar-refractivity contribution in [2.24, 2.45) is 0 Å². The lowest BCUT2D eigenvalue weighted by atomic mass is 10.00. The normalized spacial score (nSPS) is 10.7. The SMILES string of the molecule is CCC(=O)c1c(Br)cc(F)c2ccccc12. The van der Waals surface area contributed by atoms with Gasteiger partial charge in [-0.1, -0.05) is 31.2 Å². The van der Waals surface area contributed by atoms with E-state index in [9.17, 15) is 9.18 Å². The summed E-state index contributed by atoms with van der Waals surface area (Å²) in [5.41, 5.74) is 0.569. The van der Waals surface area contributed by atoms with Gasteiger partial charge in [0, 0.05) is 21.8 Å². The summed E-state index contributed by atoms with van der Waals surface area (Å²) in [5, 5.41) is 1.16. The molecule has 2 aromatic carbocycles. The predicted octanol–water partition coefficient (Wildman–Crippen LogP) is 4.33. The molecule has 3 heteroatoms. The average molecular weight is 281 g/mol. The van der Waals surface area contributed by atoms with E-state index in [0.29, 0.717) is 27.2 Å². The Bertz CT molecular complexity index is 563. The Labute approximate surface area is 101 Å². The lowest BCUT2D eigenvalue weighted by molar-refractivity contribution is 0.0989. The number of fused-ring (bicyclic) bond motifs is 1. The van der Waals surface area contributed by atoms with Crippen LogP contribution in [0.3, 0.4) is 0 Å². The topological polar surface area (TPSA) is 17.1 Å². The fourth-order valence-electron chi connectivity index (χ4n) is 1.76. The molecule has 0 radical (unpaired) electrons. The lowest BCUT2D eigenvalue weighted by Crippen LogP contribution is -2.00. The number of hydrogen-bond donors (Lipinski definition) is 0. The van der Waals surface area contributed by atoms with Crippen molar-refractivity contribution in [3.8, 4) is 0 Å². The molecule has 0 saturated carbocycles. The summed E-state index contributed by atoms with van der Waals surface area (Å²) in [6, 6.07) is 8.38. The Hall–Kier alpha value is -1.22. The Morgan fingerprint density at radius 3 is 2.56 bits per heavy atom. The first kappa shape index (κ1) is 11.3. The van der Waals surface area contributed by atoms with Crippen molar-refractivity contribution >= 4 is 32.5 Å². The standard InChI is InChI=1S/C13H10BrFO/c1-2-12(16)13-9-6-4-3-5-8(9)11(15)7-10(13)14/h3-7H,2H2,1H3. The molecule has 0 aliphatic heterocycles. The van der Waals surface area contributed by atoms with Crippen LogP contribution < -0.4 is 0 Å². The van der Waals surface area contributed by atoms with Gasteiger partial charge in [-0.15, -0.1) is 0 Å². The number of benzene rings is 2. The molecule has 0 unspecified atom stereocenters. The van der Waals surface area contributed by atoms with Crippen LogP contribution in [0.1, 0.15) is 23.7 Å². The van der Waals surface area contributed by atoms with Gasteiger partial charge in [0.05, 0.1) is 0 Å². The van der Waals surface area contributed by atoms with Crippen LogP contribution in [0, 0.1) is 5.82 Å². The van der Waals surface area contributed by atoms with Gasteiger partial charge < -0.3 is 0 Å². The van der Waals surface area contributed by atoms with Gasteiger partial charge in [0.25, 0.3) is 0 Å². The highest BCUT2D eigenvalue weighted by Crippen LogP contribution is 2.29. The maximum absolute atomic E-state index is 13.7. The van der Waals surface area contributed by atoms with E-state index in [1.807, 2.05) is 0 Å². The second-order valence-corrected chi connectivity index (χ2v) is 4.39. The number of carbonyl (C=O) groups excluding carboxylic acids is 1. The molecule has 0 N–H and O–H groups in total. The van der Waals surface area contributed by atoms with E-state index in [1.54, 1.807) is 31.2 Å². The van der Waals surface area contributed by atoms with Crippen LogP contribution in [0.25, 0.3) is 10.8 Å². The number of hydrogen-bond acceptors (Lipinski definition) is 1. The predicted molar refractivity (Wildman–Crippen MR) is 66.2 cm³/mol. The molecule has 0 aromatic heterocycles. The smallest absolute Gasteiger partial charge is 0.164 e. The molecular weight excluding hydrogens is 271 g/mol. The van der Waals surface area contributed by atoms with Crippen LogP contribution in [-0.2, 0) is 0 Å². The first-order valence-electron chi connectivity index (χ1n) is 5.05. The third-order valence-electron chi connectivity index (χ3n) is 2.55. The van der Waals surface area contributed by atoms with Gasteiger partial charge in [-0.2, -0.15) is 0 Å². The highest BCUT2D eigenvalue weighted by Gasteiger charge is 2.15. The molecule has 1 nitrogen and oxygen atoms in total. The molecule has 0 bridgehead atoms. The van der Waals surface area contributed by atoms with Crippen LogP contribution in [0.4, 0.5) is 4.39 Å². The summed E-state index contributed by atoms with van der Waals surface area (Å²) >= 11 is 3.25. The second kappa shape index (κ2) is 4.34. The summed E-state index contributed by atoms with van der Waals surface area (Å²) in [6.45, 7) is 1.80. The van der Waals surface area contributed by atoms with Gasteiger partial charge >= 0.3 is 0 Å². The van der Waals surface area contributed by atoms with Crippen molar-refractivity contribution in [3.05, 3.63) is 46.2 Å². The molecule has 0 fully saturated rings. The fourth-order valence-corrected chi connectivity index (χ4v) is 2.40. The summed E-state index contributed by atoms with van der Waals surface area (Å²) in [4.78, 5) is 11.8. The van der Waals surface area contributed by atoms with E-state index in [0.717, 1.165) is 0 Å². The summed E-state index contributed by atoms with van der Waals surface area (Å²) in [5.74, 6) is -0.293. The van der Waals surface area contributed by atoms with E-state index in [-0.39, 0.29) is 11.6 Å². The number of Topliss-reactive ketones (excluding diaryl/α,β-unsaturated/α-hetero) is 1. The zero-order valence-corrected chi connectivity index (χ0v) is 10.3. The first-order chi connectivity index (χ1) is 7.65. The van der Waals surface area contributed by atoms with Crippen molar-refractivity contribution in [1.82, 2.24) is 0 Å². The summed E-state index contributed by atoms with van der Waals surface area (Å²) in [7, 11) is 0. The van der Waals surface area contributed by atoms with Gasteiger partial charge in [0.15, 0.2) is 5.78 Å². The summed E-state index contributed by atoms with van der Waals surface area (Å²) in [6.07, 6.45) is 0.411. The average Bonchev–Trinajstić information content (AvgIpc) is 2.28. The maximum Gasteiger partial charge on any atom is 0.164 e. The molecule has 0 aliphatic rings. The van der Waals surface area contributed by atoms with Crippen LogP contribution in [-0.4, -0.2) is 5.78 Å². The van der Waals surface area contributed by atoms with Gasteiger partial charge in [-0.25, -0.2) is 4.39 Å². The maximum atomic E-state index is 13.7. The number of halogens is 2. The number of rotatable bonds is 2.